The molecule has 0 aromatic rings. The van der Waals surface area contributed by atoms with Crippen LogP contribution in [0.1, 0.15) is 297 Å². The van der Waals surface area contributed by atoms with E-state index in [1.54, 1.807) is 0 Å². The number of unbranched alkanes of at least 4 members (excludes halogenated alkanes) is 34. The van der Waals surface area contributed by atoms with Gasteiger partial charge in [-0.25, -0.2) is 0 Å². The van der Waals surface area contributed by atoms with Crippen molar-refractivity contribution in [2.24, 2.45) is 0 Å². The summed E-state index contributed by atoms with van der Waals surface area (Å²) in [5, 5.41) is 0. The van der Waals surface area contributed by atoms with Gasteiger partial charge >= 0.3 is 0 Å². The summed E-state index contributed by atoms with van der Waals surface area (Å²) in [5.41, 5.74) is 0. The summed E-state index contributed by atoms with van der Waals surface area (Å²) in [6, 6.07) is 0.736. The first-order valence-electron chi connectivity index (χ1n) is 32.7. The van der Waals surface area contributed by atoms with Crippen LogP contribution in [0.5, 0.6) is 0 Å². The number of nitrogens with zero attached hydrogens (tertiary/aromatic N) is 2. The number of ether oxygens (including phenoxy) is 4. The maximum Gasteiger partial charge on any atom is 0.0644 e. The quantitative estimate of drug-likeness (QED) is 0.0447. The minimum atomic E-state index is 0.368. The third-order valence-electron chi connectivity index (χ3n) is 14.5. The van der Waals surface area contributed by atoms with Gasteiger partial charge in [-0.3, -0.25) is 0 Å². The number of likely N-dealkylation sites (N-methyl/N-ethyl adjacent to an activating group) is 2. The second-order valence-electron chi connectivity index (χ2n) is 22.4. The molecular formula is C68H134N2O4. The Morgan fingerprint density at radius 1 is 0.243 bits per heavy atom. The normalized spacial score (nSPS) is 13.0. The molecule has 0 aromatic heterocycles. The van der Waals surface area contributed by atoms with E-state index in [9.17, 15) is 0 Å². The number of allylic oxidation sites excluding steroid dienone is 8. The first kappa shape index (κ1) is 74.8. The van der Waals surface area contributed by atoms with Gasteiger partial charge in [0.25, 0.3) is 0 Å². The monoisotopic (exact) mass is 1040 g/mol. The van der Waals surface area contributed by atoms with Crippen LogP contribution in [0.3, 0.4) is 0 Å². The van der Waals surface area contributed by atoms with E-state index in [0.29, 0.717) is 12.1 Å². The molecule has 6 nitrogen and oxygen atoms in total. The van der Waals surface area contributed by atoms with Gasteiger partial charge in [0.05, 0.1) is 38.5 Å². The van der Waals surface area contributed by atoms with E-state index < -0.39 is 0 Å². The number of hydrogen-bond acceptors (Lipinski definition) is 6. The van der Waals surface area contributed by atoms with Crippen LogP contribution >= 0.6 is 0 Å². The third-order valence-corrected chi connectivity index (χ3v) is 14.5. The first-order chi connectivity index (χ1) is 36.4. The molecule has 0 radical (unpaired) electrons. The Morgan fingerprint density at radius 3 is 0.662 bits per heavy atom. The number of hydrogen-bond donors (Lipinski definition) is 0. The average Bonchev–Trinajstić information content (AvgIpc) is 3.39. The van der Waals surface area contributed by atoms with Gasteiger partial charge in [0.1, 0.15) is 0 Å². The minimum Gasteiger partial charge on any atom is -0.380 e. The molecule has 0 rings (SSSR count). The zero-order valence-corrected chi connectivity index (χ0v) is 51.7. The topological polar surface area (TPSA) is 43.4 Å². The van der Waals surface area contributed by atoms with Gasteiger partial charge in [-0.1, -0.05) is 256 Å². The maximum absolute atomic E-state index is 5.99. The molecule has 0 aliphatic rings. The standard InChI is InChI=1S/C35H69NO2.C33H65NO2/c1-5-7-9-11-13-14-15-16-17-18-19-20-21-22-23-24-25-26-28-30-32-38-34-35(36(3)4)33-37-31-29-27-12-10-8-6-2;1-5-7-9-11-13-14-15-16-17-18-19-20-21-22-23-24-26-28-30-36-32-33(34(3)4)31-35-29-27-25-12-10-8-6-2/h13-14,16-17,35H,5-12,15,18-34H2,1-4H3;13-14,16-17,33H,5-12,15,18-32H2,1-4H3/b2*14-13-,17-16-. The molecule has 0 heterocycles. The van der Waals surface area contributed by atoms with E-state index in [1.165, 1.54) is 257 Å². The van der Waals surface area contributed by atoms with E-state index in [4.69, 9.17) is 18.9 Å². The summed E-state index contributed by atoms with van der Waals surface area (Å²) in [5.74, 6) is 0. The molecule has 0 amide bonds. The van der Waals surface area contributed by atoms with E-state index in [0.717, 1.165) is 65.7 Å². The largest absolute Gasteiger partial charge is 0.380 e. The second kappa shape index (κ2) is 67.8. The summed E-state index contributed by atoms with van der Waals surface area (Å²) >= 11 is 0. The lowest BCUT2D eigenvalue weighted by atomic mass is 10.1. The highest BCUT2D eigenvalue weighted by Crippen LogP contribution is 2.14. The van der Waals surface area contributed by atoms with Crippen molar-refractivity contribution < 1.29 is 18.9 Å². The van der Waals surface area contributed by atoms with Crippen LogP contribution in [-0.4, -0.2) is 103 Å². The molecule has 0 aliphatic heterocycles. The third kappa shape index (κ3) is 65.0. The van der Waals surface area contributed by atoms with Crippen molar-refractivity contribution in [1.29, 1.82) is 0 Å². The van der Waals surface area contributed by atoms with E-state index >= 15 is 0 Å². The zero-order chi connectivity index (χ0) is 54.2. The lowest BCUT2D eigenvalue weighted by Crippen LogP contribution is -2.37. The highest BCUT2D eigenvalue weighted by atomic mass is 16.5. The Hall–Kier alpha value is -1.28. The summed E-state index contributed by atoms with van der Waals surface area (Å²) in [7, 11) is 8.53. The fourth-order valence-corrected chi connectivity index (χ4v) is 8.98. The van der Waals surface area contributed by atoms with Crippen molar-refractivity contribution in [3.63, 3.8) is 0 Å². The SMILES string of the molecule is CCCCC/C=C\C/C=C\CCCCCCCCCCCCOCC(COCCCCCCCC)N(C)C.CCCCC/C=C\C/C=C\CCCCCCCCCCOCC(COCCCCCCCC)N(C)C. The summed E-state index contributed by atoms with van der Waals surface area (Å²) in [6.07, 6.45) is 74.3. The van der Waals surface area contributed by atoms with Crippen LogP contribution in [0, 0.1) is 0 Å². The molecule has 0 saturated carbocycles. The van der Waals surface area contributed by atoms with Crippen LogP contribution in [-0.2, 0) is 18.9 Å². The van der Waals surface area contributed by atoms with Gasteiger partial charge in [-0.15, -0.1) is 0 Å². The Balaban J connectivity index is 0. The Labute approximate surface area is 465 Å². The van der Waals surface area contributed by atoms with Gasteiger partial charge in [-0.2, -0.15) is 0 Å². The Bertz CT molecular complexity index is 1120. The summed E-state index contributed by atoms with van der Waals surface area (Å²) in [4.78, 5) is 4.48. The lowest BCUT2D eigenvalue weighted by molar-refractivity contribution is 0.0196. The van der Waals surface area contributed by atoms with Crippen molar-refractivity contribution in [2.75, 3.05) is 81.0 Å². The molecule has 440 valence electrons. The van der Waals surface area contributed by atoms with Crippen molar-refractivity contribution in [2.45, 2.75) is 309 Å². The molecular weight excluding hydrogens is 909 g/mol. The Kier molecular flexibility index (Phi) is 68.6. The molecule has 0 saturated heterocycles. The predicted molar refractivity (Wildman–Crippen MR) is 331 cm³/mol. The zero-order valence-electron chi connectivity index (χ0n) is 51.7. The highest BCUT2D eigenvalue weighted by Gasteiger charge is 2.13. The van der Waals surface area contributed by atoms with Gasteiger partial charge in [-0.05, 0) is 118 Å². The van der Waals surface area contributed by atoms with Crippen molar-refractivity contribution in [1.82, 2.24) is 9.80 Å². The van der Waals surface area contributed by atoms with Crippen LogP contribution in [0.25, 0.3) is 0 Å². The fourth-order valence-electron chi connectivity index (χ4n) is 8.98. The van der Waals surface area contributed by atoms with E-state index in [-0.39, 0.29) is 0 Å². The summed E-state index contributed by atoms with van der Waals surface area (Å²) < 4.78 is 23.8. The molecule has 2 atom stereocenters. The van der Waals surface area contributed by atoms with Crippen LogP contribution < -0.4 is 0 Å². The first-order valence-corrected chi connectivity index (χ1v) is 32.7. The van der Waals surface area contributed by atoms with Gasteiger partial charge < -0.3 is 28.7 Å². The maximum atomic E-state index is 5.99. The molecule has 0 spiro atoms. The second-order valence-corrected chi connectivity index (χ2v) is 22.4. The lowest BCUT2D eigenvalue weighted by Gasteiger charge is -2.24. The predicted octanol–water partition coefficient (Wildman–Crippen LogP) is 20.6. The van der Waals surface area contributed by atoms with Gasteiger partial charge in [0.2, 0.25) is 0 Å². The molecule has 0 N–H and O–H groups in total. The highest BCUT2D eigenvalue weighted by molar-refractivity contribution is 4.93. The van der Waals surface area contributed by atoms with E-state index in [1.807, 2.05) is 0 Å². The smallest absolute Gasteiger partial charge is 0.0644 e. The molecule has 0 fully saturated rings. The van der Waals surface area contributed by atoms with Gasteiger partial charge in [0, 0.05) is 26.4 Å². The molecule has 74 heavy (non-hydrogen) atoms. The Morgan fingerprint density at radius 2 is 0.432 bits per heavy atom. The van der Waals surface area contributed by atoms with Crippen LogP contribution in [0.4, 0.5) is 0 Å². The van der Waals surface area contributed by atoms with Crippen LogP contribution in [0.15, 0.2) is 48.6 Å². The minimum absolute atomic E-state index is 0.368. The van der Waals surface area contributed by atoms with Gasteiger partial charge in [0.15, 0.2) is 0 Å². The van der Waals surface area contributed by atoms with Crippen LogP contribution in [0.2, 0.25) is 0 Å². The molecule has 2 unspecified atom stereocenters. The fraction of sp³-hybridized carbons (Fsp3) is 0.882. The van der Waals surface area contributed by atoms with Crippen molar-refractivity contribution >= 4 is 0 Å². The molecule has 0 aliphatic carbocycles. The average molecular weight is 1040 g/mol. The summed E-state index contributed by atoms with van der Waals surface area (Å²) in [6.45, 7) is 15.8. The number of rotatable bonds is 60. The van der Waals surface area contributed by atoms with Crippen molar-refractivity contribution in [3.05, 3.63) is 48.6 Å². The molecule has 0 bridgehead atoms. The van der Waals surface area contributed by atoms with E-state index in [2.05, 4.69) is 114 Å². The molecule has 6 heteroatoms. The van der Waals surface area contributed by atoms with Crippen molar-refractivity contribution in [3.8, 4) is 0 Å². The molecule has 0 aromatic carbocycles.